The molecule has 0 aromatic heterocycles. The van der Waals surface area contributed by atoms with Gasteiger partial charge in [0.05, 0.1) is 17.6 Å². The van der Waals surface area contributed by atoms with Gasteiger partial charge in [0.15, 0.2) is 11.4 Å². The van der Waals surface area contributed by atoms with E-state index in [0.717, 1.165) is 6.26 Å². The number of ether oxygens (including phenoxy) is 1. The van der Waals surface area contributed by atoms with Gasteiger partial charge in [-0.05, 0) is 37.0 Å². The Labute approximate surface area is 211 Å². The van der Waals surface area contributed by atoms with Crippen molar-refractivity contribution < 1.29 is 32.2 Å². The zero-order valence-corrected chi connectivity index (χ0v) is 21.9. The number of methoxy groups -OCH3 is 1. The highest BCUT2D eigenvalue weighted by molar-refractivity contribution is 8.23. The number of anilines is 2. The first-order chi connectivity index (χ1) is 16.8. The monoisotopic (exact) mass is 535 g/mol. The smallest absolute Gasteiger partial charge is 0.229 e. The average Bonchev–Trinajstić information content (AvgIpc) is 2.78. The zero-order valence-electron chi connectivity index (χ0n) is 20.3. The number of rotatable bonds is 7. The summed E-state index contributed by atoms with van der Waals surface area (Å²) in [7, 11) is -6.02. The Bertz CT molecular complexity index is 1400. The molecule has 0 radical (unpaired) electrons. The van der Waals surface area contributed by atoms with Gasteiger partial charge in [-0.1, -0.05) is 48.9 Å². The molecule has 0 amide bonds. The SMILES string of the molecule is COC1(CCC(C)C)C(=O)C(C2=NS(O)(O)c3cc(NS(C)(=O)=O)ccc3N2)=C(O)c2ccccc21. The Hall–Kier alpha value is -2.90. The van der Waals surface area contributed by atoms with Crippen LogP contribution in [0.25, 0.3) is 5.76 Å². The molecule has 12 heteroatoms. The first kappa shape index (κ1) is 26.2. The van der Waals surface area contributed by atoms with Crippen LogP contribution in [0.1, 0.15) is 37.8 Å². The highest BCUT2D eigenvalue weighted by Crippen LogP contribution is 2.57. The standard InChI is InChI=1S/C24H29N3O7S2/c1-14(2)11-12-24(34-3)17-8-6-5-7-16(17)21(28)20(22(24)29)23-25-18-10-9-15(26-35(4,30)31)13-19(18)36(32,33)27-23/h5-10,13-14,26,28,32-33H,11-12H2,1-4H3,(H,25,27). The summed E-state index contributed by atoms with van der Waals surface area (Å²) in [4.78, 5) is 13.9. The predicted octanol–water partition coefficient (Wildman–Crippen LogP) is 4.74. The fourth-order valence-corrected chi connectivity index (χ4v) is 6.18. The summed E-state index contributed by atoms with van der Waals surface area (Å²) in [6.07, 6.45) is 1.98. The molecule has 1 unspecified atom stereocenters. The molecular weight excluding hydrogens is 506 g/mol. The molecule has 0 fully saturated rings. The molecule has 2 aromatic carbocycles. The number of aliphatic hydroxyl groups excluding tert-OH is 1. The lowest BCUT2D eigenvalue weighted by Gasteiger charge is -2.40. The summed E-state index contributed by atoms with van der Waals surface area (Å²) < 4.78 is 57.1. The summed E-state index contributed by atoms with van der Waals surface area (Å²) in [6, 6.07) is 11.0. The maximum Gasteiger partial charge on any atom is 0.229 e. The second-order valence-electron chi connectivity index (χ2n) is 9.23. The summed E-state index contributed by atoms with van der Waals surface area (Å²) in [6.45, 7) is 4.06. The first-order valence-corrected chi connectivity index (χ1v) is 14.6. The third kappa shape index (κ3) is 4.62. The molecule has 0 saturated carbocycles. The molecule has 0 bridgehead atoms. The van der Waals surface area contributed by atoms with Gasteiger partial charge in [-0.2, -0.15) is 0 Å². The van der Waals surface area contributed by atoms with Crippen molar-refractivity contribution in [2.45, 2.75) is 37.2 Å². The topological polar surface area (TPSA) is 158 Å². The molecule has 1 aliphatic heterocycles. The maximum atomic E-state index is 14.0. The van der Waals surface area contributed by atoms with E-state index < -0.39 is 32.2 Å². The Balaban J connectivity index is 1.85. The van der Waals surface area contributed by atoms with E-state index in [1.807, 2.05) is 13.8 Å². The number of Topliss-reactive ketones (excluding diaryl/α,β-unsaturated/α-hetero) is 1. The first-order valence-electron chi connectivity index (χ1n) is 11.2. The highest BCUT2D eigenvalue weighted by atomic mass is 32.3. The van der Waals surface area contributed by atoms with Crippen LogP contribution in [0.15, 0.2) is 57.3 Å². The molecule has 0 spiro atoms. The third-order valence-corrected chi connectivity index (χ3v) is 8.13. The number of ketones is 1. The van der Waals surface area contributed by atoms with E-state index in [-0.39, 0.29) is 39.4 Å². The number of carbonyl (C=O) groups is 1. The van der Waals surface area contributed by atoms with Gasteiger partial charge in [0.25, 0.3) is 0 Å². The minimum absolute atomic E-state index is 0.0542. The third-order valence-electron chi connectivity index (χ3n) is 6.16. The highest BCUT2D eigenvalue weighted by Gasteiger charge is 2.50. The van der Waals surface area contributed by atoms with Gasteiger partial charge < -0.3 is 15.2 Å². The van der Waals surface area contributed by atoms with E-state index in [0.29, 0.717) is 24.0 Å². The van der Waals surface area contributed by atoms with Crippen molar-refractivity contribution in [3.05, 3.63) is 59.2 Å². The Morgan fingerprint density at radius 2 is 1.89 bits per heavy atom. The van der Waals surface area contributed by atoms with Crippen LogP contribution >= 0.6 is 10.8 Å². The number of aliphatic hydroxyl groups is 1. The Kier molecular flexibility index (Phi) is 6.69. The predicted molar refractivity (Wildman–Crippen MR) is 141 cm³/mol. The lowest BCUT2D eigenvalue weighted by atomic mass is 9.73. The van der Waals surface area contributed by atoms with Crippen LogP contribution in [0, 0.1) is 5.92 Å². The van der Waals surface area contributed by atoms with Gasteiger partial charge in [-0.3, -0.25) is 18.6 Å². The number of sulfonamides is 1. The average molecular weight is 536 g/mol. The fraction of sp³-hybridized carbons (Fsp3) is 0.333. The van der Waals surface area contributed by atoms with Crippen molar-refractivity contribution >= 4 is 49.6 Å². The number of nitrogens with one attached hydrogen (secondary N) is 2. The minimum Gasteiger partial charge on any atom is -0.506 e. The van der Waals surface area contributed by atoms with Crippen LogP contribution in [0.5, 0.6) is 0 Å². The number of nitrogens with zero attached hydrogens (tertiary/aromatic N) is 1. The molecule has 36 heavy (non-hydrogen) atoms. The molecule has 5 N–H and O–H groups in total. The number of benzene rings is 2. The zero-order chi connectivity index (χ0) is 26.5. The second kappa shape index (κ2) is 9.20. The molecule has 194 valence electrons. The largest absolute Gasteiger partial charge is 0.506 e. The number of hydrogen-bond acceptors (Lipinski definition) is 9. The lowest BCUT2D eigenvalue weighted by molar-refractivity contribution is -0.139. The summed E-state index contributed by atoms with van der Waals surface area (Å²) in [5.74, 6) is -0.844. The molecule has 2 aromatic rings. The normalized spacial score (nSPS) is 21.9. The number of hydrogen-bond donors (Lipinski definition) is 5. The van der Waals surface area contributed by atoms with Crippen LogP contribution in [0.3, 0.4) is 0 Å². The molecule has 1 heterocycles. The second-order valence-corrected chi connectivity index (χ2v) is 12.6. The Morgan fingerprint density at radius 1 is 1.19 bits per heavy atom. The molecular formula is C24H29N3O7S2. The van der Waals surface area contributed by atoms with Gasteiger partial charge in [0.1, 0.15) is 16.2 Å². The molecule has 4 rings (SSSR count). The van der Waals surface area contributed by atoms with E-state index >= 15 is 0 Å². The maximum absolute atomic E-state index is 14.0. The lowest BCUT2D eigenvalue weighted by Crippen LogP contribution is -2.45. The van der Waals surface area contributed by atoms with E-state index in [9.17, 15) is 27.4 Å². The molecule has 10 nitrogen and oxygen atoms in total. The Morgan fingerprint density at radius 3 is 2.53 bits per heavy atom. The molecule has 1 aliphatic carbocycles. The van der Waals surface area contributed by atoms with Gasteiger partial charge in [0, 0.05) is 18.2 Å². The van der Waals surface area contributed by atoms with Crippen LogP contribution in [0.2, 0.25) is 0 Å². The quantitative estimate of drug-likeness (QED) is 0.340. The van der Waals surface area contributed by atoms with Crippen molar-refractivity contribution in [1.29, 1.82) is 0 Å². The van der Waals surface area contributed by atoms with Crippen LogP contribution < -0.4 is 10.0 Å². The van der Waals surface area contributed by atoms with E-state index in [1.165, 1.54) is 25.3 Å². The summed E-state index contributed by atoms with van der Waals surface area (Å²) in [5, 5.41) is 14.1. The van der Waals surface area contributed by atoms with E-state index in [4.69, 9.17) is 4.74 Å². The van der Waals surface area contributed by atoms with E-state index in [2.05, 4.69) is 14.4 Å². The number of amidine groups is 1. The summed E-state index contributed by atoms with van der Waals surface area (Å²) >= 11 is 0. The van der Waals surface area contributed by atoms with Crippen molar-refractivity contribution in [3.63, 3.8) is 0 Å². The van der Waals surface area contributed by atoms with E-state index in [1.54, 1.807) is 24.3 Å². The van der Waals surface area contributed by atoms with Crippen LogP contribution in [0.4, 0.5) is 11.4 Å². The summed E-state index contributed by atoms with van der Waals surface area (Å²) in [5.41, 5.74) is -0.386. The van der Waals surface area contributed by atoms with Crippen LogP contribution in [-0.4, -0.2) is 47.6 Å². The van der Waals surface area contributed by atoms with Gasteiger partial charge in [0.2, 0.25) is 15.8 Å². The van der Waals surface area contributed by atoms with Crippen molar-refractivity contribution in [1.82, 2.24) is 0 Å². The minimum atomic E-state index is -3.86. The molecule has 0 saturated heterocycles. The van der Waals surface area contributed by atoms with Crippen LogP contribution in [-0.2, 0) is 25.2 Å². The van der Waals surface area contributed by atoms with Gasteiger partial charge in [-0.15, -0.1) is 4.40 Å². The van der Waals surface area contributed by atoms with Crippen molar-refractivity contribution in [2.24, 2.45) is 10.3 Å². The molecule has 1 atom stereocenters. The number of fused-ring (bicyclic) bond motifs is 2. The number of carbonyl (C=O) groups excluding carboxylic acids is 1. The van der Waals surface area contributed by atoms with Gasteiger partial charge >= 0.3 is 0 Å². The fourth-order valence-electron chi connectivity index (χ4n) is 4.44. The molecule has 2 aliphatic rings. The van der Waals surface area contributed by atoms with Crippen molar-refractivity contribution in [2.75, 3.05) is 23.4 Å². The van der Waals surface area contributed by atoms with Gasteiger partial charge in [-0.25, -0.2) is 8.42 Å². The van der Waals surface area contributed by atoms with Crippen molar-refractivity contribution in [3.8, 4) is 0 Å².